The van der Waals surface area contributed by atoms with Gasteiger partial charge in [-0.15, -0.1) is 0 Å². The normalized spacial score (nSPS) is 12.5. The van der Waals surface area contributed by atoms with E-state index < -0.39 is 0 Å². The molecule has 2 rings (SSSR count). The van der Waals surface area contributed by atoms with Crippen LogP contribution < -0.4 is 15.4 Å². The molecule has 2 aromatic carbocycles. The van der Waals surface area contributed by atoms with Crippen LogP contribution >= 0.6 is 0 Å². The summed E-state index contributed by atoms with van der Waals surface area (Å²) in [6, 6.07) is 16.7. The first kappa shape index (κ1) is 20.8. The highest BCUT2D eigenvalue weighted by atomic mass is 16.5. The highest BCUT2D eigenvalue weighted by Crippen LogP contribution is 2.21. The van der Waals surface area contributed by atoms with Gasteiger partial charge >= 0.3 is 0 Å². The van der Waals surface area contributed by atoms with E-state index >= 15 is 0 Å². The molecule has 0 aliphatic rings. The summed E-state index contributed by atoms with van der Waals surface area (Å²) in [7, 11) is 5.20. The average molecular weight is 370 g/mol. The summed E-state index contributed by atoms with van der Waals surface area (Å²) in [5.41, 5.74) is 3.70. The van der Waals surface area contributed by atoms with Crippen LogP contribution in [-0.4, -0.2) is 33.8 Å². The minimum Gasteiger partial charge on any atom is -0.497 e. The second-order valence-electron chi connectivity index (χ2n) is 6.57. The first-order valence-corrected chi connectivity index (χ1v) is 9.31. The summed E-state index contributed by atoms with van der Waals surface area (Å²) >= 11 is 0. The van der Waals surface area contributed by atoms with Gasteiger partial charge in [-0.05, 0) is 41.2 Å². The molecule has 0 aromatic heterocycles. The standard InChI is InChI=1S/C22H31N3O2/c1-17(20-8-10-21(27-4)11-9-20)12-13-24-22(23-2)25-15-18-6-5-7-19(14-18)16-26-3/h5-11,14,17H,12-13,15-16H2,1-4H3,(H2,23,24,25). The molecule has 0 saturated carbocycles. The first-order chi connectivity index (χ1) is 13.2. The van der Waals surface area contributed by atoms with E-state index in [4.69, 9.17) is 9.47 Å². The third kappa shape index (κ3) is 6.94. The van der Waals surface area contributed by atoms with Crippen LogP contribution in [0.5, 0.6) is 5.75 Å². The first-order valence-electron chi connectivity index (χ1n) is 9.31. The van der Waals surface area contributed by atoms with Crippen LogP contribution in [0, 0.1) is 0 Å². The molecule has 0 aliphatic carbocycles. The maximum atomic E-state index is 5.22. The number of hydrogen-bond acceptors (Lipinski definition) is 3. The maximum absolute atomic E-state index is 5.22. The van der Waals surface area contributed by atoms with Crippen molar-refractivity contribution in [2.45, 2.75) is 32.4 Å². The van der Waals surface area contributed by atoms with Crippen molar-refractivity contribution in [3.8, 4) is 5.75 Å². The molecule has 2 aromatic rings. The number of ether oxygens (including phenoxy) is 2. The van der Waals surface area contributed by atoms with E-state index in [2.05, 4.69) is 58.9 Å². The smallest absolute Gasteiger partial charge is 0.191 e. The summed E-state index contributed by atoms with van der Waals surface area (Å²) < 4.78 is 10.4. The molecule has 2 N–H and O–H groups in total. The molecule has 0 heterocycles. The molecular weight excluding hydrogens is 338 g/mol. The van der Waals surface area contributed by atoms with Gasteiger partial charge in [0.15, 0.2) is 5.96 Å². The van der Waals surface area contributed by atoms with Gasteiger partial charge in [-0.1, -0.05) is 43.3 Å². The Morgan fingerprint density at radius 3 is 2.44 bits per heavy atom. The molecule has 5 nitrogen and oxygen atoms in total. The van der Waals surface area contributed by atoms with Gasteiger partial charge < -0.3 is 20.1 Å². The zero-order valence-corrected chi connectivity index (χ0v) is 16.8. The number of guanidine groups is 1. The van der Waals surface area contributed by atoms with Crippen molar-refractivity contribution in [3.63, 3.8) is 0 Å². The molecule has 0 spiro atoms. The number of nitrogens with zero attached hydrogens (tertiary/aromatic N) is 1. The zero-order chi connectivity index (χ0) is 19.5. The molecule has 0 radical (unpaired) electrons. The van der Waals surface area contributed by atoms with E-state index in [-0.39, 0.29) is 0 Å². The topological polar surface area (TPSA) is 54.9 Å². The number of benzene rings is 2. The van der Waals surface area contributed by atoms with Gasteiger partial charge in [-0.3, -0.25) is 4.99 Å². The lowest BCUT2D eigenvalue weighted by Gasteiger charge is -2.16. The molecule has 0 fully saturated rings. The summed E-state index contributed by atoms with van der Waals surface area (Å²) in [6.45, 7) is 4.45. The average Bonchev–Trinajstić information content (AvgIpc) is 2.71. The van der Waals surface area contributed by atoms with E-state index in [1.807, 2.05) is 12.1 Å². The Labute approximate surface area is 162 Å². The van der Waals surface area contributed by atoms with Gasteiger partial charge in [0.2, 0.25) is 0 Å². The fourth-order valence-corrected chi connectivity index (χ4v) is 2.91. The Hall–Kier alpha value is -2.53. The fourth-order valence-electron chi connectivity index (χ4n) is 2.91. The minimum atomic E-state index is 0.465. The number of hydrogen-bond donors (Lipinski definition) is 2. The third-order valence-electron chi connectivity index (χ3n) is 4.54. The van der Waals surface area contributed by atoms with Gasteiger partial charge in [0.05, 0.1) is 13.7 Å². The summed E-state index contributed by atoms with van der Waals surface area (Å²) in [6.07, 6.45) is 1.02. The van der Waals surface area contributed by atoms with Crippen LogP contribution in [-0.2, 0) is 17.9 Å². The lowest BCUT2D eigenvalue weighted by molar-refractivity contribution is 0.185. The van der Waals surface area contributed by atoms with Gasteiger partial charge in [-0.25, -0.2) is 0 Å². The van der Waals surface area contributed by atoms with Gasteiger partial charge in [0, 0.05) is 27.2 Å². The fraction of sp³-hybridized carbons (Fsp3) is 0.409. The summed E-state index contributed by atoms with van der Waals surface area (Å²) in [5, 5.41) is 6.76. The van der Waals surface area contributed by atoms with Gasteiger partial charge in [0.25, 0.3) is 0 Å². The Morgan fingerprint density at radius 2 is 1.78 bits per heavy atom. The van der Waals surface area contributed by atoms with Crippen molar-refractivity contribution in [2.24, 2.45) is 4.99 Å². The summed E-state index contributed by atoms with van der Waals surface area (Å²) in [5.74, 6) is 2.17. The molecule has 0 aliphatic heterocycles. The molecule has 0 saturated heterocycles. The Morgan fingerprint density at radius 1 is 1.04 bits per heavy atom. The molecule has 1 unspecified atom stereocenters. The van der Waals surface area contributed by atoms with Crippen LogP contribution in [0.25, 0.3) is 0 Å². The molecular formula is C22H31N3O2. The van der Waals surface area contributed by atoms with Gasteiger partial charge in [0.1, 0.15) is 5.75 Å². The molecule has 0 amide bonds. The molecule has 27 heavy (non-hydrogen) atoms. The van der Waals surface area contributed by atoms with Crippen molar-refractivity contribution in [3.05, 3.63) is 65.2 Å². The molecule has 1 atom stereocenters. The lowest BCUT2D eigenvalue weighted by atomic mass is 9.98. The van der Waals surface area contributed by atoms with Crippen LogP contribution in [0.15, 0.2) is 53.5 Å². The van der Waals surface area contributed by atoms with Crippen LogP contribution in [0.4, 0.5) is 0 Å². The second kappa shape index (κ2) is 11.2. The van der Waals surface area contributed by atoms with Crippen molar-refractivity contribution in [1.82, 2.24) is 10.6 Å². The molecule has 146 valence electrons. The van der Waals surface area contributed by atoms with Crippen molar-refractivity contribution in [1.29, 1.82) is 0 Å². The van der Waals surface area contributed by atoms with E-state index in [9.17, 15) is 0 Å². The second-order valence-corrected chi connectivity index (χ2v) is 6.57. The van der Waals surface area contributed by atoms with E-state index in [1.165, 1.54) is 16.7 Å². The lowest BCUT2D eigenvalue weighted by Crippen LogP contribution is -2.37. The highest BCUT2D eigenvalue weighted by molar-refractivity contribution is 5.79. The predicted octanol–water partition coefficient (Wildman–Crippen LogP) is 3.70. The van der Waals surface area contributed by atoms with Crippen molar-refractivity contribution in [2.75, 3.05) is 27.8 Å². The summed E-state index contributed by atoms with van der Waals surface area (Å²) in [4.78, 5) is 4.31. The van der Waals surface area contributed by atoms with E-state index in [1.54, 1.807) is 21.3 Å². The van der Waals surface area contributed by atoms with Gasteiger partial charge in [-0.2, -0.15) is 0 Å². The minimum absolute atomic E-state index is 0.465. The largest absolute Gasteiger partial charge is 0.497 e. The van der Waals surface area contributed by atoms with Crippen molar-refractivity contribution < 1.29 is 9.47 Å². The maximum Gasteiger partial charge on any atom is 0.191 e. The predicted molar refractivity (Wildman–Crippen MR) is 111 cm³/mol. The SMILES string of the molecule is CN=C(NCCC(C)c1ccc(OC)cc1)NCc1cccc(COC)c1. The van der Waals surface area contributed by atoms with E-state index in [0.717, 1.165) is 31.2 Å². The van der Waals surface area contributed by atoms with Crippen molar-refractivity contribution >= 4 is 5.96 Å². The Kier molecular flexibility index (Phi) is 8.65. The van der Waals surface area contributed by atoms with E-state index in [0.29, 0.717) is 12.5 Å². The number of methoxy groups -OCH3 is 2. The Balaban J connectivity index is 1.77. The monoisotopic (exact) mass is 369 g/mol. The molecule has 0 bridgehead atoms. The number of nitrogens with one attached hydrogen (secondary N) is 2. The highest BCUT2D eigenvalue weighted by Gasteiger charge is 2.06. The van der Waals surface area contributed by atoms with Crippen LogP contribution in [0.3, 0.4) is 0 Å². The quantitative estimate of drug-likeness (QED) is 0.523. The Bertz CT molecular complexity index is 714. The van der Waals surface area contributed by atoms with Crippen LogP contribution in [0.1, 0.15) is 36.0 Å². The molecule has 5 heteroatoms. The third-order valence-corrected chi connectivity index (χ3v) is 4.54. The van der Waals surface area contributed by atoms with Crippen LogP contribution in [0.2, 0.25) is 0 Å². The zero-order valence-electron chi connectivity index (χ0n) is 16.8. The number of aliphatic imine (C=N–C) groups is 1. The number of rotatable bonds is 9.